The molecule has 0 aromatic heterocycles. The van der Waals surface area contributed by atoms with Crippen molar-refractivity contribution in [1.82, 2.24) is 15.5 Å². The van der Waals surface area contributed by atoms with Crippen LogP contribution in [0.4, 0.5) is 0 Å². The second kappa shape index (κ2) is 5.80. The molecule has 2 aliphatic heterocycles. The smallest absolute Gasteiger partial charge is 0.237 e. The van der Waals surface area contributed by atoms with Crippen LogP contribution in [0.1, 0.15) is 45.4 Å². The van der Waals surface area contributed by atoms with E-state index in [1.807, 2.05) is 0 Å². The van der Waals surface area contributed by atoms with Gasteiger partial charge in [0, 0.05) is 12.1 Å². The molecule has 0 bridgehead atoms. The molecule has 0 aromatic carbocycles. The van der Waals surface area contributed by atoms with Crippen LogP contribution >= 0.6 is 0 Å². The zero-order chi connectivity index (χ0) is 13.2. The molecule has 0 aromatic rings. The van der Waals surface area contributed by atoms with Gasteiger partial charge in [-0.1, -0.05) is 6.92 Å². The summed E-state index contributed by atoms with van der Waals surface area (Å²) in [6, 6.07) is 1.23. The third kappa shape index (κ3) is 2.95. The molecule has 3 fully saturated rings. The van der Waals surface area contributed by atoms with Crippen molar-refractivity contribution in [2.45, 2.75) is 63.6 Å². The largest absolute Gasteiger partial charge is 0.352 e. The maximum Gasteiger partial charge on any atom is 0.237 e. The monoisotopic (exact) mass is 265 g/mol. The molecular weight excluding hydrogens is 238 g/mol. The van der Waals surface area contributed by atoms with Gasteiger partial charge >= 0.3 is 0 Å². The van der Waals surface area contributed by atoms with Gasteiger partial charge in [0.2, 0.25) is 5.91 Å². The Kier molecular flexibility index (Phi) is 4.08. The Bertz CT molecular complexity index is 321. The van der Waals surface area contributed by atoms with Crippen LogP contribution in [0.25, 0.3) is 0 Å². The molecule has 2 N–H and O–H groups in total. The first kappa shape index (κ1) is 13.4. The van der Waals surface area contributed by atoms with Crippen molar-refractivity contribution in [2.24, 2.45) is 5.92 Å². The first-order valence-corrected chi connectivity index (χ1v) is 8.01. The molecule has 2 saturated heterocycles. The minimum absolute atomic E-state index is 0.152. The normalized spacial score (nSPS) is 37.0. The summed E-state index contributed by atoms with van der Waals surface area (Å²) < 4.78 is 0. The van der Waals surface area contributed by atoms with Gasteiger partial charge in [-0.15, -0.1) is 0 Å². The first-order valence-electron chi connectivity index (χ1n) is 8.01. The number of amides is 1. The Balaban J connectivity index is 1.54. The highest BCUT2D eigenvalue weighted by atomic mass is 16.2. The van der Waals surface area contributed by atoms with E-state index in [2.05, 4.69) is 22.5 Å². The fraction of sp³-hybridized carbons (Fsp3) is 0.933. The van der Waals surface area contributed by atoms with Crippen molar-refractivity contribution < 1.29 is 4.79 Å². The molecule has 4 nitrogen and oxygen atoms in total. The number of nitrogens with one attached hydrogen (secondary N) is 2. The van der Waals surface area contributed by atoms with Crippen LogP contribution in [0.15, 0.2) is 0 Å². The third-order valence-corrected chi connectivity index (χ3v) is 5.09. The van der Waals surface area contributed by atoms with Gasteiger partial charge < -0.3 is 10.6 Å². The van der Waals surface area contributed by atoms with E-state index in [0.717, 1.165) is 32.0 Å². The Morgan fingerprint density at radius 3 is 2.63 bits per heavy atom. The van der Waals surface area contributed by atoms with Gasteiger partial charge in [0.15, 0.2) is 0 Å². The van der Waals surface area contributed by atoms with Gasteiger partial charge in [-0.2, -0.15) is 0 Å². The van der Waals surface area contributed by atoms with E-state index >= 15 is 0 Å². The number of rotatable bonds is 3. The lowest BCUT2D eigenvalue weighted by Crippen LogP contribution is -2.54. The van der Waals surface area contributed by atoms with E-state index in [1.54, 1.807) is 0 Å². The number of piperidine rings is 1. The number of nitrogens with zero attached hydrogens (tertiary/aromatic N) is 1. The lowest BCUT2D eigenvalue weighted by molar-refractivity contribution is -0.128. The molecule has 108 valence electrons. The van der Waals surface area contributed by atoms with E-state index in [0.29, 0.717) is 18.0 Å². The van der Waals surface area contributed by atoms with Crippen molar-refractivity contribution in [3.8, 4) is 0 Å². The minimum atomic E-state index is 0.152. The van der Waals surface area contributed by atoms with Gasteiger partial charge in [-0.05, 0) is 64.1 Å². The summed E-state index contributed by atoms with van der Waals surface area (Å²) in [6.07, 6.45) is 6.98. The Morgan fingerprint density at radius 1 is 1.21 bits per heavy atom. The van der Waals surface area contributed by atoms with E-state index in [-0.39, 0.29) is 6.04 Å². The zero-order valence-corrected chi connectivity index (χ0v) is 12.0. The van der Waals surface area contributed by atoms with Crippen LogP contribution in [0, 0.1) is 5.92 Å². The average Bonchev–Trinajstić information content (AvgIpc) is 2.87. The minimum Gasteiger partial charge on any atom is -0.352 e. The first-order chi connectivity index (χ1) is 9.24. The second-order valence-electron chi connectivity index (χ2n) is 6.66. The highest BCUT2D eigenvalue weighted by molar-refractivity contribution is 5.82. The highest BCUT2D eigenvalue weighted by Crippen LogP contribution is 2.28. The molecule has 4 heteroatoms. The molecule has 0 spiro atoms. The van der Waals surface area contributed by atoms with Crippen LogP contribution in [0.3, 0.4) is 0 Å². The summed E-state index contributed by atoms with van der Waals surface area (Å²) in [4.78, 5) is 14.9. The number of carbonyl (C=O) groups is 1. The number of hydrogen-bond donors (Lipinski definition) is 2. The fourth-order valence-electron chi connectivity index (χ4n) is 3.96. The van der Waals surface area contributed by atoms with E-state index in [4.69, 9.17) is 0 Å². The van der Waals surface area contributed by atoms with Crippen molar-refractivity contribution in [1.29, 1.82) is 0 Å². The summed E-state index contributed by atoms with van der Waals surface area (Å²) in [5.74, 6) is 1.10. The van der Waals surface area contributed by atoms with Crippen molar-refractivity contribution in [3.63, 3.8) is 0 Å². The molecule has 1 amide bonds. The van der Waals surface area contributed by atoms with Gasteiger partial charge in [-0.3, -0.25) is 9.69 Å². The number of hydrogen-bond acceptors (Lipinski definition) is 3. The SMILES string of the molecule is CC1CC(NC(=O)C2CCCN2C2CCNCC2)C1. The quantitative estimate of drug-likeness (QED) is 0.804. The van der Waals surface area contributed by atoms with Gasteiger partial charge in [0.1, 0.15) is 0 Å². The zero-order valence-electron chi connectivity index (χ0n) is 12.0. The number of likely N-dealkylation sites (tertiary alicyclic amines) is 1. The summed E-state index contributed by atoms with van der Waals surface area (Å²) in [6.45, 7) is 5.59. The predicted octanol–water partition coefficient (Wildman–Crippen LogP) is 1.12. The van der Waals surface area contributed by atoms with Crippen molar-refractivity contribution >= 4 is 5.91 Å². The molecule has 1 unspecified atom stereocenters. The van der Waals surface area contributed by atoms with E-state index < -0.39 is 0 Å². The molecule has 2 heterocycles. The lowest BCUT2D eigenvalue weighted by Gasteiger charge is -2.38. The topological polar surface area (TPSA) is 44.4 Å². The maximum atomic E-state index is 12.4. The van der Waals surface area contributed by atoms with Gasteiger partial charge in [0.05, 0.1) is 6.04 Å². The number of carbonyl (C=O) groups excluding carboxylic acids is 1. The maximum absolute atomic E-state index is 12.4. The van der Waals surface area contributed by atoms with Crippen LogP contribution in [-0.2, 0) is 4.79 Å². The molecule has 1 atom stereocenters. The van der Waals surface area contributed by atoms with Crippen LogP contribution in [-0.4, -0.2) is 48.6 Å². The average molecular weight is 265 g/mol. The summed E-state index contributed by atoms with van der Waals surface area (Å²) >= 11 is 0. The second-order valence-corrected chi connectivity index (χ2v) is 6.66. The van der Waals surface area contributed by atoms with Crippen LogP contribution in [0.5, 0.6) is 0 Å². The molecular formula is C15H27N3O. The molecule has 19 heavy (non-hydrogen) atoms. The molecule has 3 aliphatic rings. The summed E-state index contributed by atoms with van der Waals surface area (Å²) in [7, 11) is 0. The lowest BCUT2D eigenvalue weighted by atomic mass is 9.82. The fourth-order valence-corrected chi connectivity index (χ4v) is 3.96. The Morgan fingerprint density at radius 2 is 1.95 bits per heavy atom. The van der Waals surface area contributed by atoms with E-state index in [1.165, 1.54) is 32.1 Å². The molecule has 1 saturated carbocycles. The van der Waals surface area contributed by atoms with Crippen LogP contribution in [0.2, 0.25) is 0 Å². The molecule has 3 rings (SSSR count). The molecule has 1 aliphatic carbocycles. The van der Waals surface area contributed by atoms with Gasteiger partial charge in [-0.25, -0.2) is 0 Å². The standard InChI is InChI=1S/C15H27N3O/c1-11-9-12(10-11)17-15(19)14-3-2-8-18(14)13-4-6-16-7-5-13/h11-14,16H,2-10H2,1H3,(H,17,19). The third-order valence-electron chi connectivity index (χ3n) is 5.09. The molecule has 0 radical (unpaired) electrons. The Hall–Kier alpha value is -0.610. The van der Waals surface area contributed by atoms with E-state index in [9.17, 15) is 4.79 Å². The highest BCUT2D eigenvalue weighted by Gasteiger charge is 2.37. The van der Waals surface area contributed by atoms with Crippen molar-refractivity contribution in [2.75, 3.05) is 19.6 Å². The summed E-state index contributed by atoms with van der Waals surface area (Å²) in [5, 5.41) is 6.67. The summed E-state index contributed by atoms with van der Waals surface area (Å²) in [5.41, 5.74) is 0. The van der Waals surface area contributed by atoms with Crippen LogP contribution < -0.4 is 10.6 Å². The Labute approximate surface area is 116 Å². The predicted molar refractivity (Wildman–Crippen MR) is 75.9 cm³/mol. The van der Waals surface area contributed by atoms with Gasteiger partial charge in [0.25, 0.3) is 0 Å². The van der Waals surface area contributed by atoms with Crippen molar-refractivity contribution in [3.05, 3.63) is 0 Å².